The van der Waals surface area contributed by atoms with E-state index in [4.69, 9.17) is 45.6 Å². The van der Waals surface area contributed by atoms with E-state index in [1.807, 2.05) is 12.1 Å². The summed E-state index contributed by atoms with van der Waals surface area (Å²) in [5.41, 5.74) is 3.28. The van der Waals surface area contributed by atoms with Crippen LogP contribution in [0.4, 0.5) is 0 Å². The van der Waals surface area contributed by atoms with Gasteiger partial charge in [-0.25, -0.2) is 17.6 Å². The summed E-state index contributed by atoms with van der Waals surface area (Å²) in [4.78, 5) is 0. The first-order valence-electron chi connectivity index (χ1n) is 11.7. The summed E-state index contributed by atoms with van der Waals surface area (Å²) in [6, 6.07) is 11.8. The number of para-hydroxylation sites is 1. The monoisotopic (exact) mass is 556 g/mol. The van der Waals surface area contributed by atoms with E-state index in [2.05, 4.69) is 66.8 Å². The quantitative estimate of drug-likeness (QED) is 0.177. The van der Waals surface area contributed by atoms with E-state index in [0.29, 0.717) is 36.1 Å². The molecule has 0 aliphatic rings. The molecule has 0 aliphatic carbocycles. The van der Waals surface area contributed by atoms with E-state index >= 15 is 0 Å². The Balaban J connectivity index is 0.000000830. The van der Waals surface area contributed by atoms with E-state index in [1.54, 1.807) is 6.07 Å². The molecule has 1 unspecified atom stereocenters. The van der Waals surface area contributed by atoms with Crippen molar-refractivity contribution >= 4 is 33.3 Å². The van der Waals surface area contributed by atoms with Crippen LogP contribution in [0.2, 0.25) is 10.0 Å². The van der Waals surface area contributed by atoms with Crippen molar-refractivity contribution in [3.63, 3.8) is 0 Å². The Bertz CT molecular complexity index is 1190. The van der Waals surface area contributed by atoms with Gasteiger partial charge in [-0.1, -0.05) is 60.8 Å². The Labute approximate surface area is 224 Å². The van der Waals surface area contributed by atoms with Crippen molar-refractivity contribution in [2.45, 2.75) is 52.8 Å². The molecule has 198 valence electrons. The third-order valence-electron chi connectivity index (χ3n) is 5.25. The molecule has 7 nitrogen and oxygen atoms in total. The lowest BCUT2D eigenvalue weighted by molar-refractivity contribution is -0.704. The number of unbranched alkanes of at least 4 members (excludes halogenated alkanes) is 1. The van der Waals surface area contributed by atoms with Crippen LogP contribution >= 0.6 is 23.2 Å². The van der Waals surface area contributed by atoms with Gasteiger partial charge in [-0.2, -0.15) is 0 Å². The maximum atomic E-state index is 9.08. The normalized spacial score (nSPS) is 12.1. The molecule has 0 spiro atoms. The Hall–Kier alpha value is -2.10. The van der Waals surface area contributed by atoms with Gasteiger partial charge >= 0.3 is 0 Å². The Morgan fingerprint density at radius 3 is 2.39 bits per heavy atom. The third kappa shape index (κ3) is 10.9. The SMILES string of the molecule is CCCCOC(C[n+]1ccn(CCOc2c(C)cccc2C)c1)c1ccc(Cl)cc1Cl.CS(=O)(=O)[O-]. The minimum Gasteiger partial charge on any atom is -0.748 e. The molecule has 0 N–H and O–H groups in total. The maximum Gasteiger partial charge on any atom is 0.243 e. The molecule has 3 aromatic rings. The lowest BCUT2D eigenvalue weighted by Crippen LogP contribution is -2.36. The highest BCUT2D eigenvalue weighted by Gasteiger charge is 2.19. The molecule has 1 atom stereocenters. The van der Waals surface area contributed by atoms with Crippen molar-refractivity contribution in [3.8, 4) is 5.75 Å². The molecule has 0 bridgehead atoms. The summed E-state index contributed by atoms with van der Waals surface area (Å²) in [6.07, 6.45) is 8.76. The summed E-state index contributed by atoms with van der Waals surface area (Å²) in [5.74, 6) is 0.976. The molecule has 0 radical (unpaired) electrons. The van der Waals surface area contributed by atoms with Crippen LogP contribution in [0.25, 0.3) is 0 Å². The number of aromatic nitrogens is 2. The molecular weight excluding hydrogens is 523 g/mol. The summed E-state index contributed by atoms with van der Waals surface area (Å²) in [6.45, 7) is 9.06. The summed E-state index contributed by atoms with van der Waals surface area (Å²) in [7, 11) is -3.92. The van der Waals surface area contributed by atoms with Crippen LogP contribution in [0, 0.1) is 13.8 Å². The van der Waals surface area contributed by atoms with E-state index in [9.17, 15) is 0 Å². The van der Waals surface area contributed by atoms with Gasteiger partial charge in [0.05, 0.1) is 10.1 Å². The van der Waals surface area contributed by atoms with Gasteiger partial charge in [0.25, 0.3) is 0 Å². The van der Waals surface area contributed by atoms with E-state index < -0.39 is 10.1 Å². The second kappa shape index (κ2) is 14.6. The van der Waals surface area contributed by atoms with Crippen LogP contribution in [0.5, 0.6) is 5.75 Å². The van der Waals surface area contributed by atoms with Gasteiger partial charge in [0.15, 0.2) is 0 Å². The zero-order valence-corrected chi connectivity index (χ0v) is 23.4. The zero-order valence-electron chi connectivity index (χ0n) is 21.1. The van der Waals surface area contributed by atoms with Crippen LogP contribution in [0.3, 0.4) is 0 Å². The molecule has 0 amide bonds. The Morgan fingerprint density at radius 2 is 1.78 bits per heavy atom. The summed E-state index contributed by atoms with van der Waals surface area (Å²) in [5, 5.41) is 1.26. The van der Waals surface area contributed by atoms with Crippen molar-refractivity contribution in [2.24, 2.45) is 0 Å². The van der Waals surface area contributed by atoms with Gasteiger partial charge in [0.2, 0.25) is 6.33 Å². The highest BCUT2D eigenvalue weighted by atomic mass is 35.5. The van der Waals surface area contributed by atoms with Crippen LogP contribution in [0.15, 0.2) is 55.1 Å². The fourth-order valence-electron chi connectivity index (χ4n) is 3.52. The number of nitrogens with zero attached hydrogens (tertiary/aromatic N) is 2. The fraction of sp³-hybridized carbons (Fsp3) is 0.423. The lowest BCUT2D eigenvalue weighted by atomic mass is 10.1. The number of imidazole rings is 1. The second-order valence-corrected chi connectivity index (χ2v) is 10.8. The topological polar surface area (TPSA) is 84.5 Å². The van der Waals surface area contributed by atoms with Gasteiger partial charge in [-0.05, 0) is 43.5 Å². The number of aryl methyl sites for hydroxylation is 2. The molecule has 0 saturated heterocycles. The molecule has 2 aromatic carbocycles. The third-order valence-corrected chi connectivity index (χ3v) is 5.82. The zero-order chi connectivity index (χ0) is 26.7. The second-order valence-electron chi connectivity index (χ2n) is 8.50. The van der Waals surface area contributed by atoms with Crippen LogP contribution in [-0.4, -0.2) is 37.0 Å². The van der Waals surface area contributed by atoms with Crippen molar-refractivity contribution in [1.82, 2.24) is 4.57 Å². The lowest BCUT2D eigenvalue weighted by Gasteiger charge is -2.18. The van der Waals surface area contributed by atoms with Crippen molar-refractivity contribution in [2.75, 3.05) is 19.5 Å². The van der Waals surface area contributed by atoms with E-state index in [0.717, 1.165) is 41.8 Å². The average Bonchev–Trinajstić information content (AvgIpc) is 3.21. The largest absolute Gasteiger partial charge is 0.748 e. The maximum absolute atomic E-state index is 9.08. The van der Waals surface area contributed by atoms with Gasteiger partial charge in [0, 0.05) is 28.5 Å². The van der Waals surface area contributed by atoms with Gasteiger partial charge in [-0.3, -0.25) is 0 Å². The molecular formula is C26H34Cl2N2O5S. The molecule has 36 heavy (non-hydrogen) atoms. The highest BCUT2D eigenvalue weighted by molar-refractivity contribution is 7.84. The molecule has 3 rings (SSSR count). The number of halogens is 2. The highest BCUT2D eigenvalue weighted by Crippen LogP contribution is 2.29. The summed E-state index contributed by atoms with van der Waals surface area (Å²) >= 11 is 12.5. The molecule has 1 heterocycles. The molecule has 0 fully saturated rings. The first-order chi connectivity index (χ1) is 17.0. The first kappa shape index (κ1) is 30.1. The molecule has 1 aromatic heterocycles. The summed E-state index contributed by atoms with van der Waals surface area (Å²) < 4.78 is 43.7. The van der Waals surface area contributed by atoms with Crippen LogP contribution in [0.1, 0.15) is 42.6 Å². The van der Waals surface area contributed by atoms with Crippen molar-refractivity contribution in [3.05, 3.63) is 81.9 Å². The van der Waals surface area contributed by atoms with E-state index in [1.165, 1.54) is 0 Å². The fourth-order valence-corrected chi connectivity index (χ4v) is 4.05. The van der Waals surface area contributed by atoms with Crippen molar-refractivity contribution < 1.29 is 27.0 Å². The number of ether oxygens (including phenoxy) is 2. The molecule has 10 heteroatoms. The van der Waals surface area contributed by atoms with Crippen molar-refractivity contribution in [1.29, 1.82) is 0 Å². The minimum absolute atomic E-state index is 0.136. The number of rotatable bonds is 11. The number of hydrogen-bond donors (Lipinski definition) is 0. The molecule has 0 saturated carbocycles. The molecule has 0 aliphatic heterocycles. The standard InChI is InChI=1S/C25H31Cl2N2O2.CH4O3S/c1-4-5-14-30-24(22-10-9-21(26)16-23(22)27)17-29-12-11-28(18-29)13-15-31-25-19(2)7-6-8-20(25)3;1-5(2,3)4/h6-12,16,18,24H,4-5,13-15,17H2,1-3H3;1H3,(H,2,3,4)/q+1;/p-1. The number of hydrogen-bond acceptors (Lipinski definition) is 5. The smallest absolute Gasteiger partial charge is 0.243 e. The van der Waals surface area contributed by atoms with Gasteiger partial charge < -0.3 is 14.0 Å². The predicted octanol–water partition coefficient (Wildman–Crippen LogP) is 5.50. The van der Waals surface area contributed by atoms with Crippen LogP contribution < -0.4 is 9.30 Å². The van der Waals surface area contributed by atoms with Crippen LogP contribution in [-0.2, 0) is 27.9 Å². The Morgan fingerprint density at radius 1 is 1.11 bits per heavy atom. The number of benzene rings is 2. The predicted molar refractivity (Wildman–Crippen MR) is 142 cm³/mol. The first-order valence-corrected chi connectivity index (χ1v) is 14.3. The van der Waals surface area contributed by atoms with Gasteiger partial charge in [-0.15, -0.1) is 0 Å². The minimum atomic E-state index is -3.92. The van der Waals surface area contributed by atoms with Gasteiger partial charge in [0.1, 0.15) is 43.9 Å². The van der Waals surface area contributed by atoms with E-state index in [-0.39, 0.29) is 6.10 Å². The Kier molecular flexibility index (Phi) is 12.2. The average molecular weight is 558 g/mol.